The van der Waals surface area contributed by atoms with E-state index < -0.39 is 0 Å². The average molecular weight is 325 g/mol. The summed E-state index contributed by atoms with van der Waals surface area (Å²) in [6.07, 6.45) is 5.76. The van der Waals surface area contributed by atoms with Gasteiger partial charge in [0.05, 0.1) is 0 Å². The fourth-order valence-corrected chi connectivity index (χ4v) is 3.07. The third kappa shape index (κ3) is 3.91. The molecule has 3 heterocycles. The highest BCUT2D eigenvalue weighted by Gasteiger charge is 2.23. The Bertz CT molecular complexity index is 626. The second-order valence-corrected chi connectivity index (χ2v) is 6.70. The molecule has 1 atom stereocenters. The van der Waals surface area contributed by atoms with Crippen molar-refractivity contribution >= 4 is 5.82 Å². The molecule has 0 saturated carbocycles. The number of hydrogen-bond donors (Lipinski definition) is 1. The molecule has 2 aromatic heterocycles. The van der Waals surface area contributed by atoms with Gasteiger partial charge in [-0.25, -0.2) is 4.98 Å². The Kier molecular flexibility index (Phi) is 5.43. The Hall–Kier alpha value is -1.98. The van der Waals surface area contributed by atoms with Crippen LogP contribution in [0.3, 0.4) is 0 Å². The third-order valence-electron chi connectivity index (χ3n) is 4.78. The van der Waals surface area contributed by atoms with Crippen LogP contribution in [0.2, 0.25) is 0 Å². The van der Waals surface area contributed by atoms with E-state index in [-0.39, 0.29) is 0 Å². The first-order chi connectivity index (χ1) is 11.6. The fraction of sp³-hybridized carbons (Fsp3) is 0.474. The fourth-order valence-electron chi connectivity index (χ4n) is 3.07. The van der Waals surface area contributed by atoms with Crippen molar-refractivity contribution in [2.24, 2.45) is 0 Å². The molecule has 3 rings (SSSR count). The minimum absolute atomic E-state index is 0.389. The van der Waals surface area contributed by atoms with Crippen molar-refractivity contribution in [3.05, 3.63) is 54.0 Å². The smallest absolute Gasteiger partial charge is 0.128 e. The van der Waals surface area contributed by atoms with Gasteiger partial charge in [0.15, 0.2) is 0 Å². The van der Waals surface area contributed by atoms with E-state index in [1.54, 1.807) is 0 Å². The standard InChI is InChI=1S/C19H27N5/c1-15(2)23(3)19-5-4-16(12-22-19)14-24-11-10-21-13-18(24)17-6-8-20-9-7-17/h4-9,12,15,18,21H,10-11,13-14H2,1-3H3. The van der Waals surface area contributed by atoms with Crippen molar-refractivity contribution in [3.8, 4) is 0 Å². The summed E-state index contributed by atoms with van der Waals surface area (Å²) in [7, 11) is 2.09. The van der Waals surface area contributed by atoms with E-state index in [9.17, 15) is 0 Å². The Balaban J connectivity index is 1.71. The molecule has 1 unspecified atom stereocenters. The monoisotopic (exact) mass is 325 g/mol. The van der Waals surface area contributed by atoms with Gasteiger partial charge in [0.1, 0.15) is 5.82 Å². The molecule has 0 aromatic carbocycles. The van der Waals surface area contributed by atoms with Gasteiger partial charge in [-0.15, -0.1) is 0 Å². The van der Waals surface area contributed by atoms with Crippen LogP contribution in [0.1, 0.15) is 31.0 Å². The number of anilines is 1. The minimum atomic E-state index is 0.389. The molecule has 0 spiro atoms. The predicted octanol–water partition coefficient (Wildman–Crippen LogP) is 2.47. The summed E-state index contributed by atoms with van der Waals surface area (Å²) in [6.45, 7) is 8.33. The number of pyridine rings is 2. The van der Waals surface area contributed by atoms with Gasteiger partial charge in [0.25, 0.3) is 0 Å². The normalized spacial score (nSPS) is 18.8. The summed E-state index contributed by atoms with van der Waals surface area (Å²) in [5.74, 6) is 1.03. The summed E-state index contributed by atoms with van der Waals surface area (Å²) in [4.78, 5) is 13.5. The molecule has 0 bridgehead atoms. The zero-order chi connectivity index (χ0) is 16.9. The molecule has 1 aliphatic rings. The highest BCUT2D eigenvalue weighted by Crippen LogP contribution is 2.24. The molecule has 5 heteroatoms. The highest BCUT2D eigenvalue weighted by atomic mass is 15.2. The van der Waals surface area contributed by atoms with Gasteiger partial charge in [0, 0.05) is 63.9 Å². The lowest BCUT2D eigenvalue weighted by atomic mass is 10.0. The molecule has 24 heavy (non-hydrogen) atoms. The van der Waals surface area contributed by atoms with E-state index in [1.807, 2.05) is 18.6 Å². The average Bonchev–Trinajstić information content (AvgIpc) is 2.63. The van der Waals surface area contributed by atoms with E-state index in [0.29, 0.717) is 12.1 Å². The topological polar surface area (TPSA) is 44.3 Å². The molecule has 1 aliphatic heterocycles. The molecule has 0 aliphatic carbocycles. The van der Waals surface area contributed by atoms with Gasteiger partial charge in [0.2, 0.25) is 0 Å². The molecule has 0 amide bonds. The number of nitrogens with one attached hydrogen (secondary N) is 1. The SMILES string of the molecule is CC(C)N(C)c1ccc(CN2CCNCC2c2ccncc2)cn1. The van der Waals surface area contributed by atoms with Crippen LogP contribution < -0.4 is 10.2 Å². The maximum atomic E-state index is 4.64. The summed E-state index contributed by atoms with van der Waals surface area (Å²) < 4.78 is 0. The van der Waals surface area contributed by atoms with Gasteiger partial charge in [-0.2, -0.15) is 0 Å². The van der Waals surface area contributed by atoms with Gasteiger partial charge >= 0.3 is 0 Å². The van der Waals surface area contributed by atoms with Crippen molar-refractivity contribution in [1.29, 1.82) is 0 Å². The minimum Gasteiger partial charge on any atom is -0.357 e. The van der Waals surface area contributed by atoms with E-state index in [4.69, 9.17) is 0 Å². The van der Waals surface area contributed by atoms with Crippen LogP contribution in [0.4, 0.5) is 5.82 Å². The zero-order valence-corrected chi connectivity index (χ0v) is 14.8. The lowest BCUT2D eigenvalue weighted by molar-refractivity contribution is 0.153. The quantitative estimate of drug-likeness (QED) is 0.915. The van der Waals surface area contributed by atoms with Gasteiger partial charge < -0.3 is 10.2 Å². The van der Waals surface area contributed by atoms with Gasteiger partial charge in [-0.3, -0.25) is 9.88 Å². The van der Waals surface area contributed by atoms with Gasteiger partial charge in [-0.1, -0.05) is 6.07 Å². The summed E-state index contributed by atoms with van der Waals surface area (Å²) in [5, 5.41) is 3.50. The molecule has 1 fully saturated rings. The second kappa shape index (κ2) is 7.73. The maximum absolute atomic E-state index is 4.64. The van der Waals surface area contributed by atoms with Crippen LogP contribution in [0.5, 0.6) is 0 Å². The Morgan fingerprint density at radius 2 is 2.04 bits per heavy atom. The molecule has 2 aromatic rings. The van der Waals surface area contributed by atoms with Crippen LogP contribution in [-0.2, 0) is 6.54 Å². The summed E-state index contributed by atoms with van der Waals surface area (Å²) in [5.41, 5.74) is 2.58. The lowest BCUT2D eigenvalue weighted by Crippen LogP contribution is -2.45. The van der Waals surface area contributed by atoms with E-state index in [0.717, 1.165) is 32.0 Å². The summed E-state index contributed by atoms with van der Waals surface area (Å²) >= 11 is 0. The van der Waals surface area contributed by atoms with E-state index in [1.165, 1.54) is 11.1 Å². The molecule has 5 nitrogen and oxygen atoms in total. The molecule has 128 valence electrons. The maximum Gasteiger partial charge on any atom is 0.128 e. The molecular weight excluding hydrogens is 298 g/mol. The van der Waals surface area contributed by atoms with Gasteiger partial charge in [-0.05, 0) is 43.2 Å². The molecule has 1 saturated heterocycles. The van der Waals surface area contributed by atoms with Crippen LogP contribution in [-0.4, -0.2) is 47.6 Å². The van der Waals surface area contributed by atoms with Crippen molar-refractivity contribution in [2.75, 3.05) is 31.6 Å². The first kappa shape index (κ1) is 16.9. The lowest BCUT2D eigenvalue weighted by Gasteiger charge is -2.36. The van der Waals surface area contributed by atoms with Crippen LogP contribution in [0.25, 0.3) is 0 Å². The van der Waals surface area contributed by atoms with Crippen molar-refractivity contribution in [2.45, 2.75) is 32.5 Å². The first-order valence-corrected chi connectivity index (χ1v) is 8.67. The highest BCUT2D eigenvalue weighted by molar-refractivity contribution is 5.39. The summed E-state index contributed by atoms with van der Waals surface area (Å²) in [6, 6.07) is 9.39. The van der Waals surface area contributed by atoms with Crippen LogP contribution in [0.15, 0.2) is 42.9 Å². The van der Waals surface area contributed by atoms with E-state index >= 15 is 0 Å². The second-order valence-electron chi connectivity index (χ2n) is 6.70. The predicted molar refractivity (Wildman–Crippen MR) is 98.0 cm³/mol. The Morgan fingerprint density at radius 3 is 2.71 bits per heavy atom. The number of aromatic nitrogens is 2. The van der Waals surface area contributed by atoms with Crippen molar-refractivity contribution in [3.63, 3.8) is 0 Å². The van der Waals surface area contributed by atoms with Crippen molar-refractivity contribution < 1.29 is 0 Å². The molecule has 1 N–H and O–H groups in total. The number of nitrogens with zero attached hydrogens (tertiary/aromatic N) is 4. The molecule has 0 radical (unpaired) electrons. The number of piperazine rings is 1. The third-order valence-corrected chi connectivity index (χ3v) is 4.78. The Labute approximate surface area is 144 Å². The van der Waals surface area contributed by atoms with Crippen LogP contribution in [0, 0.1) is 0 Å². The van der Waals surface area contributed by atoms with Crippen LogP contribution >= 0.6 is 0 Å². The zero-order valence-electron chi connectivity index (χ0n) is 14.8. The largest absolute Gasteiger partial charge is 0.357 e. The molecular formula is C19H27N5. The van der Waals surface area contributed by atoms with Crippen molar-refractivity contribution in [1.82, 2.24) is 20.2 Å². The number of hydrogen-bond acceptors (Lipinski definition) is 5. The first-order valence-electron chi connectivity index (χ1n) is 8.67. The van der Waals surface area contributed by atoms with E-state index in [2.05, 4.69) is 70.2 Å². The number of rotatable bonds is 5. The Morgan fingerprint density at radius 1 is 1.25 bits per heavy atom.